The molecule has 1 unspecified atom stereocenters. The number of aryl methyl sites for hydroxylation is 1. The lowest BCUT2D eigenvalue weighted by atomic mass is 9.94. The molecule has 15 heteroatoms. The highest BCUT2D eigenvalue weighted by Gasteiger charge is 2.27. The Balaban J connectivity index is 0.943. The predicted molar refractivity (Wildman–Crippen MR) is 212 cm³/mol. The van der Waals surface area contributed by atoms with E-state index < -0.39 is 11.9 Å². The molecule has 55 heavy (non-hydrogen) atoms. The Kier molecular flexibility index (Phi) is 10.4. The highest BCUT2D eigenvalue weighted by molar-refractivity contribution is 6.23. The minimum atomic E-state index is -0.411. The number of imide groups is 1. The van der Waals surface area contributed by atoms with Gasteiger partial charge in [-0.15, -0.1) is 0 Å². The predicted octanol–water partition coefficient (Wildman–Crippen LogP) is 5.34. The van der Waals surface area contributed by atoms with Crippen molar-refractivity contribution in [3.05, 3.63) is 94.4 Å². The van der Waals surface area contributed by atoms with Gasteiger partial charge in [-0.3, -0.25) is 29.8 Å². The molecular formula is C40H47N11O4. The number of pyridine rings is 1. The number of nitrogens with one attached hydrogen (secondary N) is 6. The van der Waals surface area contributed by atoms with E-state index >= 15 is 0 Å². The second-order valence-electron chi connectivity index (χ2n) is 15.1. The topological polar surface area (TPSA) is 195 Å². The van der Waals surface area contributed by atoms with E-state index in [-0.39, 0.29) is 35.8 Å². The van der Waals surface area contributed by atoms with Crippen LogP contribution in [0, 0.1) is 6.92 Å². The van der Waals surface area contributed by atoms with Crippen LogP contribution in [-0.2, 0) is 16.6 Å². The van der Waals surface area contributed by atoms with Crippen LogP contribution in [0.2, 0.25) is 0 Å². The number of benzene rings is 2. The average molecular weight is 746 g/mol. The van der Waals surface area contributed by atoms with Crippen molar-refractivity contribution in [3.63, 3.8) is 0 Å². The van der Waals surface area contributed by atoms with Crippen molar-refractivity contribution in [1.82, 2.24) is 36.1 Å². The minimum Gasteiger partial charge on any atom is -0.384 e. The largest absolute Gasteiger partial charge is 0.384 e. The lowest BCUT2D eigenvalue weighted by molar-refractivity contribution is -0.120. The maximum absolute atomic E-state index is 12.9. The summed E-state index contributed by atoms with van der Waals surface area (Å²) in [5.74, 6) is 0.702. The first kappa shape index (κ1) is 37.2. The van der Waals surface area contributed by atoms with Gasteiger partial charge in [0.05, 0.1) is 29.2 Å². The van der Waals surface area contributed by atoms with Crippen LogP contribution in [-0.4, -0.2) is 76.0 Å². The van der Waals surface area contributed by atoms with E-state index in [4.69, 9.17) is 9.52 Å². The van der Waals surface area contributed by atoms with Gasteiger partial charge in [0.2, 0.25) is 5.91 Å². The molecule has 4 amide bonds. The number of aliphatic imine (C=N–C) groups is 1. The molecule has 0 bridgehead atoms. The van der Waals surface area contributed by atoms with E-state index in [0.717, 1.165) is 82.1 Å². The van der Waals surface area contributed by atoms with Crippen molar-refractivity contribution in [2.24, 2.45) is 4.99 Å². The molecule has 6 N–H and O–H groups in total. The monoisotopic (exact) mass is 745 g/mol. The number of nitrogens with zero attached hydrogens (tertiary/aromatic N) is 5. The second-order valence-corrected chi connectivity index (χ2v) is 15.1. The Hall–Kier alpha value is -6.09. The van der Waals surface area contributed by atoms with Crippen molar-refractivity contribution in [3.8, 4) is 0 Å². The van der Waals surface area contributed by atoms with Crippen molar-refractivity contribution in [2.45, 2.75) is 72.0 Å². The fourth-order valence-electron chi connectivity index (χ4n) is 6.82. The molecule has 1 fully saturated rings. The quantitative estimate of drug-likeness (QED) is 0.0908. The molecule has 2 aliphatic heterocycles. The third kappa shape index (κ3) is 8.21. The van der Waals surface area contributed by atoms with Gasteiger partial charge in [0.25, 0.3) is 0 Å². The van der Waals surface area contributed by atoms with Gasteiger partial charge in [-0.1, -0.05) is 44.1 Å². The molecule has 2 aliphatic rings. The molecular weight excluding hydrogens is 699 g/mol. The number of fused-ring (bicyclic) bond motifs is 3. The molecule has 286 valence electrons. The van der Waals surface area contributed by atoms with Crippen molar-refractivity contribution >= 4 is 51.7 Å². The van der Waals surface area contributed by atoms with E-state index in [2.05, 4.69) is 77.0 Å². The fourth-order valence-corrected chi connectivity index (χ4v) is 6.82. The number of carbonyl (C=O) groups excluding carboxylic acids is 3. The number of rotatable bonds is 12. The van der Waals surface area contributed by atoms with Crippen LogP contribution in [0.15, 0.2) is 64.2 Å². The number of carbonyl (C=O) groups is 3. The maximum atomic E-state index is 12.9. The van der Waals surface area contributed by atoms with E-state index in [0.29, 0.717) is 18.1 Å². The van der Waals surface area contributed by atoms with Crippen LogP contribution in [0.4, 0.5) is 22.0 Å². The molecule has 5 heterocycles. The van der Waals surface area contributed by atoms with Crippen LogP contribution in [0.3, 0.4) is 0 Å². The first-order chi connectivity index (χ1) is 26.3. The van der Waals surface area contributed by atoms with Crippen LogP contribution in [0.1, 0.15) is 91.5 Å². The zero-order valence-corrected chi connectivity index (χ0v) is 32.0. The Morgan fingerprint density at radius 2 is 1.91 bits per heavy atom. The number of hydrogen-bond acceptors (Lipinski definition) is 11. The number of aromatic nitrogens is 4. The number of urea groups is 1. The van der Waals surface area contributed by atoms with Gasteiger partial charge in [-0.2, -0.15) is 4.98 Å². The second kappa shape index (κ2) is 15.3. The van der Waals surface area contributed by atoms with Crippen molar-refractivity contribution in [2.75, 3.05) is 41.7 Å². The first-order valence-electron chi connectivity index (χ1n) is 18.6. The van der Waals surface area contributed by atoms with Crippen LogP contribution >= 0.6 is 0 Å². The normalized spacial score (nSPS) is 16.3. The average Bonchev–Trinajstić information content (AvgIpc) is 3.79. The molecule has 1 saturated heterocycles. The molecule has 0 spiro atoms. The fraction of sp³-hybridized carbons (Fsp3) is 0.375. The Labute approximate surface area is 319 Å². The number of hydrogen-bond donors (Lipinski definition) is 6. The third-order valence-electron chi connectivity index (χ3n) is 9.72. The highest BCUT2D eigenvalue weighted by atomic mass is 16.5. The Morgan fingerprint density at radius 1 is 1.07 bits per heavy atom. The smallest absolute Gasteiger partial charge is 0.328 e. The van der Waals surface area contributed by atoms with Gasteiger partial charge in [0, 0.05) is 72.3 Å². The SMILES string of the molecule is Cc1cc(C2=NC(C)Nc3[nH]c4cc(NCCNCCc5ccc(N6CCC(=O)NC6=O)cn5)ccc4c32)ccc1[C@@H](C)NC(=O)c1nc(C(C)(C)C)no1. The van der Waals surface area contributed by atoms with Gasteiger partial charge in [-0.25, -0.2) is 4.79 Å². The molecule has 7 rings (SSSR count). The molecule has 3 aromatic heterocycles. The summed E-state index contributed by atoms with van der Waals surface area (Å²) in [6.45, 7) is 14.5. The first-order valence-corrected chi connectivity index (χ1v) is 18.6. The molecule has 15 nitrogen and oxygen atoms in total. The number of H-pyrrole nitrogens is 1. The zero-order valence-electron chi connectivity index (χ0n) is 32.0. The summed E-state index contributed by atoms with van der Waals surface area (Å²) >= 11 is 0. The molecule has 0 saturated carbocycles. The summed E-state index contributed by atoms with van der Waals surface area (Å²) in [6, 6.07) is 15.6. The van der Waals surface area contributed by atoms with E-state index in [1.165, 1.54) is 4.90 Å². The highest BCUT2D eigenvalue weighted by Crippen LogP contribution is 2.35. The third-order valence-corrected chi connectivity index (χ3v) is 9.72. The molecule has 0 radical (unpaired) electrons. The molecule has 2 aromatic carbocycles. The van der Waals surface area contributed by atoms with Gasteiger partial charge in [-0.05, 0) is 62.2 Å². The molecule has 0 aliphatic carbocycles. The van der Waals surface area contributed by atoms with Crippen LogP contribution < -0.4 is 31.5 Å². The minimum absolute atomic E-state index is 0.0489. The summed E-state index contributed by atoms with van der Waals surface area (Å²) in [6.07, 6.45) is 2.58. The van der Waals surface area contributed by atoms with Crippen LogP contribution in [0.5, 0.6) is 0 Å². The van der Waals surface area contributed by atoms with Gasteiger partial charge < -0.3 is 30.8 Å². The summed E-state index contributed by atoms with van der Waals surface area (Å²) in [5, 5.41) is 20.8. The summed E-state index contributed by atoms with van der Waals surface area (Å²) < 4.78 is 5.24. The Bertz CT molecular complexity index is 2270. The Morgan fingerprint density at radius 3 is 2.64 bits per heavy atom. The van der Waals surface area contributed by atoms with E-state index in [1.54, 1.807) is 6.20 Å². The van der Waals surface area contributed by atoms with Gasteiger partial charge in [0.15, 0.2) is 5.82 Å². The van der Waals surface area contributed by atoms with E-state index in [1.807, 2.05) is 59.7 Å². The molecule has 2 atom stereocenters. The maximum Gasteiger partial charge on any atom is 0.328 e. The molecule has 5 aromatic rings. The summed E-state index contributed by atoms with van der Waals surface area (Å²) in [4.78, 5) is 55.4. The summed E-state index contributed by atoms with van der Waals surface area (Å²) in [5.41, 5.74) is 8.21. The lowest BCUT2D eigenvalue weighted by Crippen LogP contribution is -2.49. The van der Waals surface area contributed by atoms with Gasteiger partial charge in [0.1, 0.15) is 12.0 Å². The number of aromatic amines is 1. The number of amides is 4. The standard InChI is InChI=1S/C40H47N11O4/c1-22-19-25(7-11-29(22)23(2)44-36(53)37-49-38(50-55-37)40(4,5)6)34-33-30-12-9-27(20-31(30)47-35(33)46-24(3)45-34)42-17-16-41-15-13-26-8-10-28(21-43-26)51-18-14-32(52)48-39(51)54/h7-12,19-21,23-24,41-42,46-47H,13-18H2,1-6H3,(H,44,53)(H,48,52,54)/t23-,24?/m1/s1. The van der Waals surface area contributed by atoms with Crippen molar-refractivity contribution < 1.29 is 18.9 Å². The van der Waals surface area contributed by atoms with Crippen LogP contribution in [0.25, 0.3) is 10.9 Å². The number of anilines is 3. The van der Waals surface area contributed by atoms with E-state index in [9.17, 15) is 14.4 Å². The summed E-state index contributed by atoms with van der Waals surface area (Å²) in [7, 11) is 0. The zero-order chi connectivity index (χ0) is 38.9. The van der Waals surface area contributed by atoms with Crippen molar-refractivity contribution in [1.29, 1.82) is 0 Å². The van der Waals surface area contributed by atoms with Gasteiger partial charge >= 0.3 is 17.8 Å². The lowest BCUT2D eigenvalue weighted by Gasteiger charge is -2.26.